The zero-order valence-electron chi connectivity index (χ0n) is 16.0. The average molecular weight is 359 g/mol. The molecule has 2 aliphatic carbocycles. The fourth-order valence-corrected chi connectivity index (χ4v) is 2.98. The standard InChI is InChI=1S/C23H23N2O2/c1-15-8-11-22(16(2)12-15)23(26)25-24-17(3)18-6-5-7-19-14-21(27-4)10-9-20(19)13-18/h5-14H,1-4H3,(H,25,26)/b24-17+. The second-order valence-electron chi connectivity index (χ2n) is 6.58. The van der Waals surface area contributed by atoms with Crippen molar-refractivity contribution in [1.29, 1.82) is 0 Å². The van der Waals surface area contributed by atoms with Crippen molar-refractivity contribution in [2.75, 3.05) is 7.11 Å². The van der Waals surface area contributed by atoms with E-state index in [1.165, 1.54) is 0 Å². The van der Waals surface area contributed by atoms with Crippen LogP contribution in [-0.4, -0.2) is 18.7 Å². The Kier molecular flexibility index (Phi) is 5.55. The fourth-order valence-electron chi connectivity index (χ4n) is 2.98. The summed E-state index contributed by atoms with van der Waals surface area (Å²) < 4.78 is 5.28. The molecule has 0 heterocycles. The maximum absolute atomic E-state index is 12.4. The van der Waals surface area contributed by atoms with Crippen molar-refractivity contribution >= 4 is 11.6 Å². The summed E-state index contributed by atoms with van der Waals surface area (Å²) in [7, 11) is 1.66. The lowest BCUT2D eigenvalue weighted by molar-refractivity contribution is 0.0954. The molecule has 1 aromatic rings. The summed E-state index contributed by atoms with van der Waals surface area (Å²) in [5.74, 6) is 0.614. The van der Waals surface area contributed by atoms with Crippen molar-refractivity contribution in [1.82, 2.24) is 5.43 Å². The molecule has 0 saturated heterocycles. The molecule has 0 fully saturated rings. The lowest BCUT2D eigenvalue weighted by Crippen LogP contribution is -2.20. The smallest absolute Gasteiger partial charge is 0.271 e. The van der Waals surface area contributed by atoms with Gasteiger partial charge in [-0.1, -0.05) is 42.0 Å². The first-order chi connectivity index (χ1) is 13.0. The van der Waals surface area contributed by atoms with Crippen LogP contribution in [0.4, 0.5) is 0 Å². The highest BCUT2D eigenvalue weighted by Crippen LogP contribution is 2.28. The van der Waals surface area contributed by atoms with Gasteiger partial charge >= 0.3 is 0 Å². The Morgan fingerprint density at radius 3 is 2.67 bits per heavy atom. The summed E-state index contributed by atoms with van der Waals surface area (Å²) in [6.45, 7) is 5.81. The van der Waals surface area contributed by atoms with Crippen LogP contribution in [0, 0.1) is 20.3 Å². The van der Waals surface area contributed by atoms with Crippen LogP contribution in [0.3, 0.4) is 0 Å². The highest BCUT2D eigenvalue weighted by molar-refractivity contribution is 6.03. The van der Waals surface area contributed by atoms with Crippen LogP contribution in [0.5, 0.6) is 0 Å². The molecular formula is C23H23N2O2. The minimum Gasteiger partial charge on any atom is -0.500 e. The highest BCUT2D eigenvalue weighted by Gasteiger charge is 2.14. The summed E-state index contributed by atoms with van der Waals surface area (Å²) in [4.78, 5) is 12.4. The number of hydrogen-bond acceptors (Lipinski definition) is 3. The minimum atomic E-state index is -0.207. The van der Waals surface area contributed by atoms with Gasteiger partial charge in [0, 0.05) is 5.56 Å². The van der Waals surface area contributed by atoms with Crippen molar-refractivity contribution in [2.45, 2.75) is 20.8 Å². The molecular weight excluding hydrogens is 336 g/mol. The molecule has 137 valence electrons. The molecule has 0 aliphatic heterocycles. The zero-order chi connectivity index (χ0) is 19.4. The van der Waals surface area contributed by atoms with E-state index in [0.717, 1.165) is 39.3 Å². The van der Waals surface area contributed by atoms with Gasteiger partial charge in [-0.15, -0.1) is 0 Å². The van der Waals surface area contributed by atoms with Gasteiger partial charge in [0.25, 0.3) is 5.91 Å². The number of hydrogen-bond donors (Lipinski definition) is 1. The molecule has 2 aliphatic rings. The number of carbonyl (C=O) groups excluding carboxylic acids is 1. The molecule has 27 heavy (non-hydrogen) atoms. The summed E-state index contributed by atoms with van der Waals surface area (Å²) in [6.07, 6.45) is 14.0. The van der Waals surface area contributed by atoms with Gasteiger partial charge in [0.1, 0.15) is 5.76 Å². The first-order valence-corrected chi connectivity index (χ1v) is 8.81. The van der Waals surface area contributed by atoms with E-state index in [2.05, 4.69) is 16.6 Å². The number of allylic oxidation sites excluding steroid dienone is 9. The number of methoxy groups -OCH3 is 1. The van der Waals surface area contributed by atoms with Gasteiger partial charge in [-0.3, -0.25) is 4.79 Å². The maximum Gasteiger partial charge on any atom is 0.271 e. The summed E-state index contributed by atoms with van der Waals surface area (Å²) in [6, 6.07) is 5.74. The van der Waals surface area contributed by atoms with Crippen LogP contribution in [0.15, 0.2) is 82.2 Å². The van der Waals surface area contributed by atoms with Crippen molar-refractivity contribution in [2.24, 2.45) is 5.10 Å². The largest absolute Gasteiger partial charge is 0.500 e. The quantitative estimate of drug-likeness (QED) is 0.635. The first kappa shape index (κ1) is 18.6. The van der Waals surface area contributed by atoms with Gasteiger partial charge in [-0.25, -0.2) is 5.43 Å². The van der Waals surface area contributed by atoms with E-state index in [1.807, 2.05) is 75.8 Å². The number of ether oxygens (including phenoxy) is 1. The average Bonchev–Trinajstić information content (AvgIpc) is 2.87. The minimum absolute atomic E-state index is 0.207. The van der Waals surface area contributed by atoms with Crippen LogP contribution < -0.4 is 5.43 Å². The Morgan fingerprint density at radius 1 is 1.11 bits per heavy atom. The Hall–Kier alpha value is -3.14. The van der Waals surface area contributed by atoms with Crippen LogP contribution in [0.2, 0.25) is 0 Å². The van der Waals surface area contributed by atoms with Crippen LogP contribution in [0.1, 0.15) is 28.4 Å². The lowest BCUT2D eigenvalue weighted by Gasteiger charge is -2.14. The second kappa shape index (κ2) is 8.04. The molecule has 0 saturated carbocycles. The number of aryl methyl sites for hydroxylation is 2. The SMILES string of the molecule is COC1=CC=C2C=C(/C(C)=N/NC(=O)c3ccc(C)cc3C)C=CC=C2[CH]1. The van der Waals surface area contributed by atoms with E-state index in [0.29, 0.717) is 5.56 Å². The highest BCUT2D eigenvalue weighted by atomic mass is 16.5. The number of fused-ring (bicyclic) bond motifs is 1. The molecule has 3 rings (SSSR count). The Labute approximate surface area is 160 Å². The molecule has 0 spiro atoms. The molecule has 1 aromatic carbocycles. The van der Waals surface area contributed by atoms with Gasteiger partial charge in [-0.05, 0) is 61.3 Å². The van der Waals surface area contributed by atoms with Crippen LogP contribution in [0.25, 0.3) is 0 Å². The number of carbonyl (C=O) groups is 1. The topological polar surface area (TPSA) is 50.7 Å². The van der Waals surface area contributed by atoms with E-state index in [4.69, 9.17) is 4.74 Å². The summed E-state index contributed by atoms with van der Waals surface area (Å²) in [5, 5.41) is 4.29. The Bertz CT molecular complexity index is 957. The van der Waals surface area contributed by atoms with Crippen molar-refractivity contribution < 1.29 is 9.53 Å². The van der Waals surface area contributed by atoms with E-state index in [-0.39, 0.29) is 5.91 Å². The molecule has 1 N–H and O–H groups in total. The maximum atomic E-state index is 12.4. The summed E-state index contributed by atoms with van der Waals surface area (Å²) in [5.41, 5.74) is 9.19. The number of amides is 1. The molecule has 1 radical (unpaired) electrons. The van der Waals surface area contributed by atoms with E-state index in [1.54, 1.807) is 7.11 Å². The van der Waals surface area contributed by atoms with Crippen LogP contribution in [-0.2, 0) is 4.74 Å². The number of rotatable bonds is 4. The van der Waals surface area contributed by atoms with Gasteiger partial charge < -0.3 is 4.74 Å². The van der Waals surface area contributed by atoms with Crippen molar-refractivity contribution in [3.63, 3.8) is 0 Å². The molecule has 0 bridgehead atoms. The molecule has 0 atom stereocenters. The number of nitrogens with one attached hydrogen (secondary N) is 1. The molecule has 0 unspecified atom stereocenters. The zero-order valence-corrected chi connectivity index (χ0v) is 16.0. The molecule has 1 amide bonds. The second-order valence-corrected chi connectivity index (χ2v) is 6.58. The summed E-state index contributed by atoms with van der Waals surface area (Å²) >= 11 is 0. The van der Waals surface area contributed by atoms with E-state index < -0.39 is 0 Å². The van der Waals surface area contributed by atoms with Gasteiger partial charge in [0.15, 0.2) is 0 Å². The molecule has 4 heteroatoms. The third-order valence-electron chi connectivity index (χ3n) is 4.53. The van der Waals surface area contributed by atoms with Gasteiger partial charge in [0.05, 0.1) is 19.2 Å². The normalized spacial score (nSPS) is 16.4. The number of hydrazone groups is 1. The van der Waals surface area contributed by atoms with E-state index in [9.17, 15) is 4.79 Å². The molecule has 4 nitrogen and oxygen atoms in total. The van der Waals surface area contributed by atoms with Gasteiger partial charge in [-0.2, -0.15) is 5.10 Å². The monoisotopic (exact) mass is 359 g/mol. The Balaban J connectivity index is 1.78. The van der Waals surface area contributed by atoms with Crippen molar-refractivity contribution in [3.05, 3.63) is 100 Å². The van der Waals surface area contributed by atoms with Crippen LogP contribution >= 0.6 is 0 Å². The Morgan fingerprint density at radius 2 is 1.93 bits per heavy atom. The van der Waals surface area contributed by atoms with E-state index >= 15 is 0 Å². The van der Waals surface area contributed by atoms with Crippen molar-refractivity contribution in [3.8, 4) is 0 Å². The number of benzene rings is 1. The first-order valence-electron chi connectivity index (χ1n) is 8.81. The van der Waals surface area contributed by atoms with Gasteiger partial charge in [0.2, 0.25) is 0 Å². The number of nitrogens with zero attached hydrogens (tertiary/aromatic N) is 1. The predicted octanol–water partition coefficient (Wildman–Crippen LogP) is 4.51. The fraction of sp³-hybridized carbons (Fsp3) is 0.174. The predicted molar refractivity (Wildman–Crippen MR) is 109 cm³/mol. The third-order valence-corrected chi connectivity index (χ3v) is 4.53. The molecule has 0 aromatic heterocycles. The lowest BCUT2D eigenvalue weighted by atomic mass is 9.95. The third kappa shape index (κ3) is 4.34.